The molecule has 0 saturated carbocycles. The van der Waals surface area contributed by atoms with E-state index in [-0.39, 0.29) is 11.9 Å². The van der Waals surface area contributed by atoms with E-state index in [4.69, 9.17) is 10.8 Å². The molecule has 1 atom stereocenters. The molecule has 1 aliphatic rings. The first-order valence-electron chi connectivity index (χ1n) is 9.72. The number of piperidine rings is 1. The normalized spacial score (nSPS) is 16.7. The Morgan fingerprint density at radius 1 is 1.24 bits per heavy atom. The highest BCUT2D eigenvalue weighted by atomic mass is 16.2. The van der Waals surface area contributed by atoms with Gasteiger partial charge in [0.2, 0.25) is 5.91 Å². The number of hydrogen-bond donors (Lipinski definition) is 1. The summed E-state index contributed by atoms with van der Waals surface area (Å²) in [5.74, 6) is 0.347. The number of amides is 1. The molecule has 1 saturated heterocycles. The molecular weight excluding hydrogens is 364 g/mol. The molecule has 1 aliphatic heterocycles. The van der Waals surface area contributed by atoms with E-state index in [0.29, 0.717) is 18.0 Å². The number of likely N-dealkylation sites (tertiary alicyclic amines) is 1. The highest BCUT2D eigenvalue weighted by Gasteiger charge is 2.27. The lowest BCUT2D eigenvalue weighted by atomic mass is 10.1. The van der Waals surface area contributed by atoms with Gasteiger partial charge in [0.1, 0.15) is 17.8 Å². The third kappa shape index (κ3) is 3.51. The minimum atomic E-state index is -0.0571. The molecule has 2 aromatic heterocycles. The van der Waals surface area contributed by atoms with Gasteiger partial charge in [-0.25, -0.2) is 14.6 Å². The number of hydrogen-bond acceptors (Lipinski definition) is 5. The summed E-state index contributed by atoms with van der Waals surface area (Å²) in [6, 6.07) is 8.22. The van der Waals surface area contributed by atoms with Crippen LogP contribution in [0.25, 0.3) is 22.3 Å². The van der Waals surface area contributed by atoms with Gasteiger partial charge in [-0.2, -0.15) is 5.10 Å². The summed E-state index contributed by atoms with van der Waals surface area (Å²) >= 11 is 0. The number of nitrogens with zero attached hydrogens (tertiary/aromatic N) is 5. The molecule has 7 heteroatoms. The van der Waals surface area contributed by atoms with Crippen molar-refractivity contribution in [1.29, 1.82) is 0 Å². The van der Waals surface area contributed by atoms with Crippen LogP contribution in [0.15, 0.2) is 55.9 Å². The van der Waals surface area contributed by atoms with Crippen LogP contribution in [-0.4, -0.2) is 43.6 Å². The molecule has 0 aliphatic carbocycles. The number of fused-ring (bicyclic) bond motifs is 1. The molecule has 3 aromatic rings. The largest absolute Gasteiger partial charge is 0.383 e. The van der Waals surface area contributed by atoms with Crippen LogP contribution >= 0.6 is 0 Å². The van der Waals surface area contributed by atoms with Crippen molar-refractivity contribution in [3.05, 3.63) is 61.5 Å². The van der Waals surface area contributed by atoms with Gasteiger partial charge >= 0.3 is 0 Å². The molecule has 0 radical (unpaired) electrons. The number of nitrogens with two attached hydrogens (primary N) is 1. The van der Waals surface area contributed by atoms with Crippen molar-refractivity contribution < 1.29 is 4.79 Å². The van der Waals surface area contributed by atoms with E-state index >= 15 is 0 Å². The van der Waals surface area contributed by atoms with Gasteiger partial charge in [0, 0.05) is 18.7 Å². The minimum Gasteiger partial charge on any atom is -0.383 e. The molecule has 29 heavy (non-hydrogen) atoms. The first-order chi connectivity index (χ1) is 14.1. The molecular formula is C22H24N6O. The third-order valence-corrected chi connectivity index (χ3v) is 5.35. The van der Waals surface area contributed by atoms with Crippen LogP contribution in [0.4, 0.5) is 5.82 Å². The number of carbonyl (C=O) groups is 1. The predicted molar refractivity (Wildman–Crippen MR) is 114 cm³/mol. The topological polar surface area (TPSA) is 89.9 Å². The zero-order valence-electron chi connectivity index (χ0n) is 16.3. The Balaban J connectivity index is 1.78. The van der Waals surface area contributed by atoms with Crippen molar-refractivity contribution in [3.8, 4) is 11.3 Å². The van der Waals surface area contributed by atoms with E-state index in [2.05, 4.69) is 35.3 Å². The summed E-state index contributed by atoms with van der Waals surface area (Å²) in [6.07, 6.45) is 7.33. The fraction of sp³-hybridized carbons (Fsp3) is 0.273. The van der Waals surface area contributed by atoms with Crippen LogP contribution in [0.5, 0.6) is 0 Å². The van der Waals surface area contributed by atoms with Gasteiger partial charge in [0.05, 0.1) is 11.4 Å². The number of carbonyl (C=O) groups excluding carboxylic acids is 1. The maximum atomic E-state index is 12.1. The second-order valence-corrected chi connectivity index (χ2v) is 7.22. The lowest BCUT2D eigenvalue weighted by Crippen LogP contribution is -2.40. The third-order valence-electron chi connectivity index (χ3n) is 5.35. The summed E-state index contributed by atoms with van der Waals surface area (Å²) in [5, 5.41) is 5.64. The molecule has 3 heterocycles. The van der Waals surface area contributed by atoms with Crippen molar-refractivity contribution in [2.75, 3.05) is 18.8 Å². The van der Waals surface area contributed by atoms with Crippen LogP contribution in [0.2, 0.25) is 0 Å². The van der Waals surface area contributed by atoms with E-state index in [1.807, 2.05) is 27.8 Å². The second kappa shape index (κ2) is 7.87. The number of allylic oxidation sites excluding steroid dienone is 1. The zero-order chi connectivity index (χ0) is 20.4. The SMILES string of the molecule is C=CCc1ccc(-c2nn(C3CCCN(C(=O)C=C)C3)c3ncnc(N)c23)cc1. The maximum Gasteiger partial charge on any atom is 0.246 e. The number of nitrogen functional groups attached to an aromatic ring is 1. The van der Waals surface area contributed by atoms with Gasteiger partial charge in [0.25, 0.3) is 0 Å². The van der Waals surface area contributed by atoms with Crippen LogP contribution in [-0.2, 0) is 11.2 Å². The summed E-state index contributed by atoms with van der Waals surface area (Å²) in [6.45, 7) is 8.69. The molecule has 7 nitrogen and oxygen atoms in total. The summed E-state index contributed by atoms with van der Waals surface area (Å²) in [4.78, 5) is 22.6. The van der Waals surface area contributed by atoms with Crippen molar-refractivity contribution in [1.82, 2.24) is 24.6 Å². The quantitative estimate of drug-likeness (QED) is 0.536. The fourth-order valence-corrected chi connectivity index (χ4v) is 3.90. The standard InChI is InChI=1S/C22H24N6O/c1-3-6-15-8-10-16(11-9-15)20-19-21(23)24-14-25-22(19)28(26-20)17-7-5-12-27(13-17)18(29)4-2/h3-4,8-11,14,17H,1-2,5-7,12-13H2,(H2,23,24,25). The Morgan fingerprint density at radius 2 is 2.03 bits per heavy atom. The number of rotatable bonds is 5. The average Bonchev–Trinajstić information content (AvgIpc) is 3.15. The molecule has 1 unspecified atom stereocenters. The molecule has 0 spiro atoms. The van der Waals surface area contributed by atoms with Crippen LogP contribution in [0.1, 0.15) is 24.4 Å². The predicted octanol–water partition coefficient (Wildman–Crippen LogP) is 3.15. The molecule has 2 N–H and O–H groups in total. The van der Waals surface area contributed by atoms with Gasteiger partial charge < -0.3 is 10.6 Å². The first kappa shape index (κ1) is 18.9. The van der Waals surface area contributed by atoms with E-state index in [1.165, 1.54) is 18.0 Å². The fourth-order valence-electron chi connectivity index (χ4n) is 3.90. The molecule has 148 valence electrons. The van der Waals surface area contributed by atoms with Crippen LogP contribution in [0, 0.1) is 0 Å². The summed E-state index contributed by atoms with van der Waals surface area (Å²) < 4.78 is 1.91. The van der Waals surface area contributed by atoms with Crippen molar-refractivity contribution in [2.24, 2.45) is 0 Å². The Labute approximate surface area is 169 Å². The highest BCUT2D eigenvalue weighted by molar-refractivity contribution is 5.98. The van der Waals surface area contributed by atoms with Crippen molar-refractivity contribution in [3.63, 3.8) is 0 Å². The van der Waals surface area contributed by atoms with Gasteiger partial charge in [-0.05, 0) is 30.9 Å². The van der Waals surface area contributed by atoms with Gasteiger partial charge in [0.15, 0.2) is 5.65 Å². The average molecular weight is 388 g/mol. The summed E-state index contributed by atoms with van der Waals surface area (Å²) in [7, 11) is 0. The van der Waals surface area contributed by atoms with Crippen molar-refractivity contribution >= 4 is 22.8 Å². The van der Waals surface area contributed by atoms with Crippen molar-refractivity contribution in [2.45, 2.75) is 25.3 Å². The number of benzene rings is 1. The Bertz CT molecular complexity index is 1070. The van der Waals surface area contributed by atoms with Gasteiger partial charge in [-0.3, -0.25) is 4.79 Å². The summed E-state index contributed by atoms with van der Waals surface area (Å²) in [5.41, 5.74) is 9.81. The smallest absolute Gasteiger partial charge is 0.246 e. The molecule has 1 aromatic carbocycles. The molecule has 0 bridgehead atoms. The lowest BCUT2D eigenvalue weighted by molar-refractivity contribution is -0.127. The molecule has 4 rings (SSSR count). The van der Waals surface area contributed by atoms with Crippen LogP contribution in [0.3, 0.4) is 0 Å². The lowest BCUT2D eigenvalue weighted by Gasteiger charge is -2.32. The monoisotopic (exact) mass is 388 g/mol. The zero-order valence-corrected chi connectivity index (χ0v) is 16.3. The van der Waals surface area contributed by atoms with E-state index in [9.17, 15) is 4.79 Å². The molecule has 1 amide bonds. The second-order valence-electron chi connectivity index (χ2n) is 7.22. The first-order valence-corrected chi connectivity index (χ1v) is 9.72. The Kier molecular flexibility index (Phi) is 5.12. The number of anilines is 1. The Hall–Kier alpha value is -3.48. The molecule has 1 fully saturated rings. The highest BCUT2D eigenvalue weighted by Crippen LogP contribution is 2.33. The maximum absolute atomic E-state index is 12.1. The van der Waals surface area contributed by atoms with Gasteiger partial charge in [-0.1, -0.05) is 36.9 Å². The number of aromatic nitrogens is 4. The van der Waals surface area contributed by atoms with Crippen LogP contribution < -0.4 is 5.73 Å². The minimum absolute atomic E-state index is 0.0261. The van der Waals surface area contributed by atoms with Gasteiger partial charge in [-0.15, -0.1) is 6.58 Å². The Morgan fingerprint density at radius 3 is 2.76 bits per heavy atom. The van der Waals surface area contributed by atoms with E-state index < -0.39 is 0 Å². The van der Waals surface area contributed by atoms with E-state index in [1.54, 1.807) is 0 Å². The van der Waals surface area contributed by atoms with E-state index in [0.717, 1.165) is 42.5 Å².